The molecule has 0 aliphatic carbocycles. The van der Waals surface area contributed by atoms with Crippen molar-refractivity contribution in [2.45, 2.75) is 6.92 Å². The zero-order valence-electron chi connectivity index (χ0n) is 13.2. The van der Waals surface area contributed by atoms with E-state index < -0.39 is 0 Å². The normalized spacial score (nSPS) is 10.8. The highest BCUT2D eigenvalue weighted by atomic mass is 14.1. The molecule has 0 aliphatic heterocycles. The molecule has 0 aliphatic rings. The fraction of sp³-hybridized carbons (Fsp3) is 0.0435. The zero-order valence-corrected chi connectivity index (χ0v) is 13.2. The van der Waals surface area contributed by atoms with Gasteiger partial charge in [0.15, 0.2) is 0 Å². The monoisotopic (exact) mass is 294 g/mol. The van der Waals surface area contributed by atoms with Crippen LogP contribution in [0.3, 0.4) is 0 Å². The van der Waals surface area contributed by atoms with E-state index in [1.807, 2.05) is 0 Å². The molecule has 23 heavy (non-hydrogen) atoms. The van der Waals surface area contributed by atoms with E-state index in [9.17, 15) is 0 Å². The van der Waals surface area contributed by atoms with Crippen LogP contribution in [0.1, 0.15) is 5.56 Å². The highest BCUT2D eigenvalue weighted by molar-refractivity contribution is 6.00. The van der Waals surface area contributed by atoms with Gasteiger partial charge in [0.05, 0.1) is 0 Å². The molecule has 4 aromatic rings. The zero-order chi connectivity index (χ0) is 15.6. The minimum atomic E-state index is 1.26. The van der Waals surface area contributed by atoms with Crippen molar-refractivity contribution in [1.29, 1.82) is 0 Å². The van der Waals surface area contributed by atoms with Gasteiger partial charge in [0.25, 0.3) is 0 Å². The highest BCUT2D eigenvalue weighted by Gasteiger charge is 2.08. The van der Waals surface area contributed by atoms with Crippen LogP contribution in [0.4, 0.5) is 0 Å². The number of rotatable bonds is 2. The lowest BCUT2D eigenvalue weighted by Gasteiger charge is -2.12. The van der Waals surface area contributed by atoms with Crippen LogP contribution >= 0.6 is 0 Å². The summed E-state index contributed by atoms with van der Waals surface area (Å²) in [6, 6.07) is 32.4. The van der Waals surface area contributed by atoms with E-state index in [2.05, 4.69) is 97.9 Å². The first-order valence-corrected chi connectivity index (χ1v) is 7.97. The molecule has 0 saturated heterocycles. The summed E-state index contributed by atoms with van der Waals surface area (Å²) in [6.07, 6.45) is 0. The molecular formula is C23H18. The molecule has 4 rings (SSSR count). The minimum absolute atomic E-state index is 1.26. The first kappa shape index (κ1) is 13.8. The molecule has 0 nitrogen and oxygen atoms in total. The Morgan fingerprint density at radius 1 is 0.522 bits per heavy atom. The van der Waals surface area contributed by atoms with Gasteiger partial charge in [-0.3, -0.25) is 0 Å². The largest absolute Gasteiger partial charge is 0.0622 e. The van der Waals surface area contributed by atoms with Crippen molar-refractivity contribution in [2.75, 3.05) is 0 Å². The summed E-state index contributed by atoms with van der Waals surface area (Å²) in [6.45, 7) is 2.19. The Bertz CT molecular complexity index is 951. The lowest BCUT2D eigenvalue weighted by atomic mass is 9.92. The molecule has 0 heteroatoms. The number of fused-ring (bicyclic) bond motifs is 1. The fourth-order valence-electron chi connectivity index (χ4n) is 3.24. The second-order valence-electron chi connectivity index (χ2n) is 5.93. The highest BCUT2D eigenvalue weighted by Crippen LogP contribution is 2.34. The standard InChI is InChI=1S/C23H18/c1-17-12-13-21-16-20(18-8-4-2-5-9-18)14-15-22(21)23(17)19-10-6-3-7-11-19/h2-16H,1H3. The number of hydrogen-bond acceptors (Lipinski definition) is 0. The van der Waals surface area contributed by atoms with Crippen LogP contribution in [0, 0.1) is 6.92 Å². The second-order valence-corrected chi connectivity index (χ2v) is 5.93. The van der Waals surface area contributed by atoms with Crippen LogP contribution in [0.25, 0.3) is 33.0 Å². The van der Waals surface area contributed by atoms with Crippen molar-refractivity contribution in [3.8, 4) is 22.3 Å². The molecule has 0 heterocycles. The third-order valence-corrected chi connectivity index (χ3v) is 4.40. The molecule has 0 fully saturated rings. The van der Waals surface area contributed by atoms with Gasteiger partial charge in [0, 0.05) is 0 Å². The smallest absolute Gasteiger partial charge is 0.00761 e. The van der Waals surface area contributed by atoms with Gasteiger partial charge in [-0.2, -0.15) is 0 Å². The number of benzene rings is 4. The summed E-state index contributed by atoms with van der Waals surface area (Å²) < 4.78 is 0. The average molecular weight is 294 g/mol. The summed E-state index contributed by atoms with van der Waals surface area (Å²) >= 11 is 0. The Kier molecular flexibility index (Phi) is 3.44. The summed E-state index contributed by atoms with van der Waals surface area (Å²) in [5.41, 5.74) is 6.46. The van der Waals surface area contributed by atoms with Gasteiger partial charge >= 0.3 is 0 Å². The number of aryl methyl sites for hydroxylation is 1. The molecule has 0 spiro atoms. The second kappa shape index (κ2) is 5.73. The van der Waals surface area contributed by atoms with Gasteiger partial charge in [-0.05, 0) is 51.6 Å². The lowest BCUT2D eigenvalue weighted by molar-refractivity contribution is 1.49. The summed E-state index contributed by atoms with van der Waals surface area (Å²) in [5.74, 6) is 0. The van der Waals surface area contributed by atoms with Gasteiger partial charge in [0.2, 0.25) is 0 Å². The van der Waals surface area contributed by atoms with E-state index in [0.717, 1.165) is 0 Å². The molecule has 0 atom stereocenters. The topological polar surface area (TPSA) is 0 Å². The van der Waals surface area contributed by atoms with Crippen molar-refractivity contribution in [3.63, 3.8) is 0 Å². The maximum atomic E-state index is 2.29. The van der Waals surface area contributed by atoms with E-state index in [4.69, 9.17) is 0 Å². The van der Waals surface area contributed by atoms with Crippen LogP contribution < -0.4 is 0 Å². The van der Waals surface area contributed by atoms with E-state index in [1.54, 1.807) is 0 Å². The molecule has 0 saturated carbocycles. The molecule has 0 unspecified atom stereocenters. The third-order valence-electron chi connectivity index (χ3n) is 4.40. The predicted molar refractivity (Wildman–Crippen MR) is 99.6 cm³/mol. The van der Waals surface area contributed by atoms with Crippen LogP contribution in [0.15, 0.2) is 91.0 Å². The van der Waals surface area contributed by atoms with Crippen molar-refractivity contribution < 1.29 is 0 Å². The van der Waals surface area contributed by atoms with Crippen molar-refractivity contribution >= 4 is 10.8 Å². The van der Waals surface area contributed by atoms with Crippen LogP contribution in [-0.2, 0) is 0 Å². The molecule has 0 bridgehead atoms. The molecule has 0 N–H and O–H groups in total. The Morgan fingerprint density at radius 2 is 1.17 bits per heavy atom. The Morgan fingerprint density at radius 3 is 1.87 bits per heavy atom. The Balaban J connectivity index is 1.94. The van der Waals surface area contributed by atoms with Crippen LogP contribution in [-0.4, -0.2) is 0 Å². The van der Waals surface area contributed by atoms with Crippen molar-refractivity contribution in [1.82, 2.24) is 0 Å². The maximum Gasteiger partial charge on any atom is -0.00761 e. The molecule has 0 radical (unpaired) electrons. The van der Waals surface area contributed by atoms with Crippen LogP contribution in [0.5, 0.6) is 0 Å². The first-order valence-electron chi connectivity index (χ1n) is 7.97. The van der Waals surface area contributed by atoms with E-state index >= 15 is 0 Å². The Labute approximate surface area is 137 Å². The summed E-state index contributed by atoms with van der Waals surface area (Å²) in [5, 5.41) is 2.60. The predicted octanol–water partition coefficient (Wildman–Crippen LogP) is 6.48. The van der Waals surface area contributed by atoms with E-state index in [0.29, 0.717) is 0 Å². The van der Waals surface area contributed by atoms with E-state index in [-0.39, 0.29) is 0 Å². The summed E-state index contributed by atoms with van der Waals surface area (Å²) in [7, 11) is 0. The van der Waals surface area contributed by atoms with Crippen molar-refractivity contribution in [3.05, 3.63) is 96.6 Å². The maximum absolute atomic E-state index is 2.29. The number of hydrogen-bond donors (Lipinski definition) is 0. The molecule has 0 amide bonds. The van der Waals surface area contributed by atoms with Gasteiger partial charge in [-0.1, -0.05) is 84.9 Å². The molecule has 110 valence electrons. The first-order chi connectivity index (χ1) is 11.3. The van der Waals surface area contributed by atoms with Crippen LogP contribution in [0.2, 0.25) is 0 Å². The van der Waals surface area contributed by atoms with E-state index in [1.165, 1.54) is 38.6 Å². The summed E-state index contributed by atoms with van der Waals surface area (Å²) in [4.78, 5) is 0. The van der Waals surface area contributed by atoms with Crippen molar-refractivity contribution in [2.24, 2.45) is 0 Å². The van der Waals surface area contributed by atoms with Gasteiger partial charge < -0.3 is 0 Å². The SMILES string of the molecule is Cc1ccc2cc(-c3ccccc3)ccc2c1-c1ccccc1. The lowest BCUT2D eigenvalue weighted by Crippen LogP contribution is -1.87. The average Bonchev–Trinajstić information content (AvgIpc) is 2.63. The quantitative estimate of drug-likeness (QED) is 0.397. The Hall–Kier alpha value is -2.86. The minimum Gasteiger partial charge on any atom is -0.0622 e. The van der Waals surface area contributed by atoms with Gasteiger partial charge in [0.1, 0.15) is 0 Å². The van der Waals surface area contributed by atoms with Gasteiger partial charge in [-0.25, -0.2) is 0 Å². The third kappa shape index (κ3) is 2.53. The molecule has 0 aromatic heterocycles. The van der Waals surface area contributed by atoms with Gasteiger partial charge in [-0.15, -0.1) is 0 Å². The molecular weight excluding hydrogens is 276 g/mol. The molecule has 4 aromatic carbocycles. The fourth-order valence-corrected chi connectivity index (χ4v) is 3.24.